The molecule has 0 aliphatic heterocycles. The van der Waals surface area contributed by atoms with E-state index in [0.29, 0.717) is 23.1 Å². The van der Waals surface area contributed by atoms with Crippen molar-refractivity contribution in [3.05, 3.63) is 75.8 Å². The summed E-state index contributed by atoms with van der Waals surface area (Å²) >= 11 is 0. The number of aliphatic hydroxyl groups is 1. The number of rotatable bonds is 4. The number of hydrogen-bond acceptors (Lipinski definition) is 5. The minimum atomic E-state index is -5.22. The molecule has 2 aromatic carbocycles. The molecule has 1 amide bonds. The Morgan fingerprint density at radius 1 is 1.19 bits per heavy atom. The lowest BCUT2D eigenvalue weighted by Crippen LogP contribution is -2.54. The number of halogens is 3. The Morgan fingerprint density at radius 2 is 1.94 bits per heavy atom. The van der Waals surface area contributed by atoms with Gasteiger partial charge in [-0.2, -0.15) is 13.2 Å². The summed E-state index contributed by atoms with van der Waals surface area (Å²) < 4.78 is 46.2. The summed E-state index contributed by atoms with van der Waals surface area (Å²) in [5.74, 6) is -1.61. The first kappa shape index (κ1) is 20.8. The maximum absolute atomic E-state index is 13.9. The number of aryl methyl sites for hydroxylation is 1. The first-order chi connectivity index (χ1) is 14.6. The molecule has 160 valence electrons. The molecule has 0 saturated heterocycles. The monoisotopic (exact) mass is 430 g/mol. The second-order valence-corrected chi connectivity index (χ2v) is 7.40. The van der Waals surface area contributed by atoms with Crippen LogP contribution in [0.4, 0.5) is 18.9 Å². The normalized spacial score (nSPS) is 15.3. The number of aromatic nitrogens is 1. The number of hydrogen-bond donors (Lipinski definition) is 2. The van der Waals surface area contributed by atoms with Gasteiger partial charge in [0.05, 0.1) is 11.1 Å². The minimum absolute atomic E-state index is 0.0172. The fourth-order valence-electron chi connectivity index (χ4n) is 3.65. The van der Waals surface area contributed by atoms with Crippen LogP contribution in [-0.4, -0.2) is 27.9 Å². The predicted octanol–water partition coefficient (Wildman–Crippen LogP) is 3.76. The zero-order valence-corrected chi connectivity index (χ0v) is 16.3. The van der Waals surface area contributed by atoms with Crippen molar-refractivity contribution < 1.29 is 27.6 Å². The maximum atomic E-state index is 13.9. The summed E-state index contributed by atoms with van der Waals surface area (Å²) in [4.78, 5) is 24.4. The molecule has 0 spiro atoms. The standard InChI is InChI=1S/C22H17F3N2O4/c1-12-18-10-15(8-9-17(18)19(28)31-27-12)26-20(29)21(30,22(23,24)25)11-14-7-6-13-4-2-3-5-16(13)14/h2-5,7-10,30H,6,11H2,1H3,(H,26,29). The van der Waals surface area contributed by atoms with E-state index in [1.165, 1.54) is 18.2 Å². The summed E-state index contributed by atoms with van der Waals surface area (Å²) in [6.07, 6.45) is -4.12. The van der Waals surface area contributed by atoms with Crippen molar-refractivity contribution >= 4 is 27.9 Å². The van der Waals surface area contributed by atoms with Gasteiger partial charge in [0.25, 0.3) is 5.91 Å². The van der Waals surface area contributed by atoms with E-state index in [4.69, 9.17) is 0 Å². The van der Waals surface area contributed by atoms with Crippen molar-refractivity contribution in [3.63, 3.8) is 0 Å². The van der Waals surface area contributed by atoms with E-state index in [0.717, 1.165) is 5.56 Å². The number of carbonyl (C=O) groups is 1. The van der Waals surface area contributed by atoms with E-state index in [1.807, 2.05) is 0 Å². The van der Waals surface area contributed by atoms with Gasteiger partial charge in [-0.25, -0.2) is 4.79 Å². The van der Waals surface area contributed by atoms with Gasteiger partial charge in [-0.1, -0.05) is 35.5 Å². The van der Waals surface area contributed by atoms with Gasteiger partial charge in [0.15, 0.2) is 0 Å². The zero-order chi connectivity index (χ0) is 22.4. The molecule has 9 heteroatoms. The van der Waals surface area contributed by atoms with Gasteiger partial charge in [0.1, 0.15) is 0 Å². The number of benzene rings is 2. The van der Waals surface area contributed by atoms with E-state index < -0.39 is 29.7 Å². The molecular formula is C22H17F3N2O4. The van der Waals surface area contributed by atoms with Crippen LogP contribution >= 0.6 is 0 Å². The molecule has 1 heterocycles. The highest BCUT2D eigenvalue weighted by Gasteiger charge is 2.59. The average Bonchev–Trinajstić information content (AvgIpc) is 3.13. The van der Waals surface area contributed by atoms with Gasteiger partial charge in [0.2, 0.25) is 5.60 Å². The summed E-state index contributed by atoms with van der Waals surface area (Å²) in [6, 6.07) is 10.8. The number of fused-ring (bicyclic) bond motifs is 2. The average molecular weight is 430 g/mol. The molecule has 1 atom stereocenters. The van der Waals surface area contributed by atoms with Gasteiger partial charge in [0, 0.05) is 17.5 Å². The van der Waals surface area contributed by atoms with Crippen LogP contribution in [0.3, 0.4) is 0 Å². The molecule has 1 unspecified atom stereocenters. The van der Waals surface area contributed by atoms with Crippen LogP contribution in [0.15, 0.2) is 57.9 Å². The van der Waals surface area contributed by atoms with Crippen molar-refractivity contribution in [3.8, 4) is 0 Å². The third-order valence-electron chi connectivity index (χ3n) is 5.38. The van der Waals surface area contributed by atoms with Crippen LogP contribution in [-0.2, 0) is 11.2 Å². The SMILES string of the molecule is Cc1noc(=O)c2ccc(NC(=O)C(O)(CC3=CCc4ccccc43)C(F)(F)F)cc12. The van der Waals surface area contributed by atoms with Crippen LogP contribution in [0, 0.1) is 6.92 Å². The second kappa shape index (κ2) is 7.35. The summed E-state index contributed by atoms with van der Waals surface area (Å²) in [6.45, 7) is 1.55. The topological polar surface area (TPSA) is 92.4 Å². The van der Waals surface area contributed by atoms with E-state index in [-0.39, 0.29) is 16.6 Å². The quantitative estimate of drug-likeness (QED) is 0.658. The number of nitrogens with zero attached hydrogens (tertiary/aromatic N) is 1. The van der Waals surface area contributed by atoms with Crippen LogP contribution < -0.4 is 10.9 Å². The number of alkyl halides is 3. The lowest BCUT2D eigenvalue weighted by Gasteiger charge is -2.30. The predicted molar refractivity (Wildman–Crippen MR) is 107 cm³/mol. The third-order valence-corrected chi connectivity index (χ3v) is 5.38. The number of carbonyl (C=O) groups excluding carboxylic acids is 1. The van der Waals surface area contributed by atoms with Gasteiger partial charge < -0.3 is 14.9 Å². The number of nitrogens with one attached hydrogen (secondary N) is 1. The number of amides is 1. The molecule has 0 saturated carbocycles. The highest BCUT2D eigenvalue weighted by molar-refractivity contribution is 6.01. The van der Waals surface area contributed by atoms with Crippen LogP contribution in [0.5, 0.6) is 0 Å². The molecule has 31 heavy (non-hydrogen) atoms. The number of anilines is 1. The molecule has 0 fully saturated rings. The Morgan fingerprint density at radius 3 is 2.68 bits per heavy atom. The van der Waals surface area contributed by atoms with Crippen molar-refractivity contribution in [1.29, 1.82) is 0 Å². The van der Waals surface area contributed by atoms with Gasteiger partial charge >= 0.3 is 11.8 Å². The van der Waals surface area contributed by atoms with E-state index in [9.17, 15) is 27.9 Å². The van der Waals surface area contributed by atoms with Crippen molar-refractivity contribution in [2.24, 2.45) is 0 Å². The van der Waals surface area contributed by atoms with Crippen molar-refractivity contribution in [2.45, 2.75) is 31.5 Å². The maximum Gasteiger partial charge on any atom is 0.426 e. The highest BCUT2D eigenvalue weighted by Crippen LogP contribution is 2.41. The smallest absolute Gasteiger partial charge is 0.372 e. The lowest BCUT2D eigenvalue weighted by molar-refractivity contribution is -0.247. The second-order valence-electron chi connectivity index (χ2n) is 7.40. The molecule has 1 aliphatic rings. The van der Waals surface area contributed by atoms with E-state index >= 15 is 0 Å². The minimum Gasteiger partial charge on any atom is -0.372 e. The molecule has 3 aromatic rings. The van der Waals surface area contributed by atoms with E-state index in [1.54, 1.807) is 37.3 Å². The van der Waals surface area contributed by atoms with Crippen molar-refractivity contribution in [1.82, 2.24) is 5.16 Å². The zero-order valence-electron chi connectivity index (χ0n) is 16.3. The lowest BCUT2D eigenvalue weighted by atomic mass is 9.90. The Hall–Kier alpha value is -3.46. The Labute approximate surface area is 174 Å². The van der Waals surface area contributed by atoms with Crippen LogP contribution in [0.2, 0.25) is 0 Å². The van der Waals surface area contributed by atoms with Crippen LogP contribution in [0.1, 0.15) is 23.2 Å². The molecular weight excluding hydrogens is 413 g/mol. The number of allylic oxidation sites excluding steroid dienone is 1. The molecule has 2 N–H and O–H groups in total. The molecule has 0 bridgehead atoms. The highest BCUT2D eigenvalue weighted by atomic mass is 19.4. The van der Waals surface area contributed by atoms with Gasteiger partial charge in [-0.3, -0.25) is 4.79 Å². The molecule has 1 aromatic heterocycles. The fourth-order valence-corrected chi connectivity index (χ4v) is 3.65. The van der Waals surface area contributed by atoms with Crippen LogP contribution in [0.25, 0.3) is 16.3 Å². The Bertz CT molecular complexity index is 1280. The summed E-state index contributed by atoms with van der Waals surface area (Å²) in [5.41, 5.74) is -2.38. The third kappa shape index (κ3) is 3.61. The fraction of sp³-hybridized carbons (Fsp3) is 0.227. The first-order valence-electron chi connectivity index (χ1n) is 9.38. The molecule has 0 radical (unpaired) electrons. The molecule has 6 nitrogen and oxygen atoms in total. The van der Waals surface area contributed by atoms with Crippen molar-refractivity contribution in [2.75, 3.05) is 5.32 Å². The summed E-state index contributed by atoms with van der Waals surface area (Å²) in [7, 11) is 0. The molecule has 4 rings (SSSR count). The first-order valence-corrected chi connectivity index (χ1v) is 9.38. The largest absolute Gasteiger partial charge is 0.426 e. The van der Waals surface area contributed by atoms with Gasteiger partial charge in [-0.15, -0.1) is 0 Å². The summed E-state index contributed by atoms with van der Waals surface area (Å²) in [5, 5.41) is 16.7. The molecule has 1 aliphatic carbocycles. The Balaban J connectivity index is 1.66. The van der Waals surface area contributed by atoms with E-state index in [2.05, 4.69) is 15.0 Å². The Kier molecular flexibility index (Phi) is 4.93. The van der Waals surface area contributed by atoms with Gasteiger partial charge in [-0.05, 0) is 48.2 Å².